The molecule has 218 valence electrons. The van der Waals surface area contributed by atoms with Crippen LogP contribution in [-0.4, -0.2) is 70.9 Å². The second-order valence-corrected chi connectivity index (χ2v) is 11.5. The average Bonchev–Trinajstić information content (AvgIpc) is 3.41. The van der Waals surface area contributed by atoms with Crippen molar-refractivity contribution in [1.29, 1.82) is 5.26 Å². The highest BCUT2D eigenvalue weighted by Crippen LogP contribution is 2.39. The normalized spacial score (nSPS) is 22.4. The van der Waals surface area contributed by atoms with Gasteiger partial charge in [0.05, 0.1) is 24.4 Å². The van der Waals surface area contributed by atoms with Crippen LogP contribution in [0.25, 0.3) is 22.3 Å². The lowest BCUT2D eigenvalue weighted by atomic mass is 9.82. The first-order valence-electron chi connectivity index (χ1n) is 14.1. The minimum absolute atomic E-state index is 0.0454. The van der Waals surface area contributed by atoms with E-state index in [2.05, 4.69) is 46.3 Å². The largest absolute Gasteiger partial charge is 0.474 e. The highest BCUT2D eigenvalue weighted by Gasteiger charge is 2.48. The van der Waals surface area contributed by atoms with Crippen molar-refractivity contribution in [3.8, 4) is 23.2 Å². The number of likely N-dealkylation sites (tertiary alicyclic amines) is 1. The first-order valence-corrected chi connectivity index (χ1v) is 14.1. The zero-order valence-electron chi connectivity index (χ0n) is 22.7. The van der Waals surface area contributed by atoms with Gasteiger partial charge in [-0.3, -0.25) is 9.58 Å². The molecule has 5 heterocycles. The van der Waals surface area contributed by atoms with Gasteiger partial charge in [-0.15, -0.1) is 0 Å². The number of rotatable bonds is 8. The predicted molar refractivity (Wildman–Crippen MR) is 145 cm³/mol. The van der Waals surface area contributed by atoms with Crippen LogP contribution >= 0.6 is 0 Å². The van der Waals surface area contributed by atoms with Crippen molar-refractivity contribution >= 4 is 16.9 Å². The molecule has 1 aliphatic heterocycles. The number of nitrogens with zero attached hydrogens (tertiary/aromatic N) is 8. The molecule has 11 nitrogen and oxygen atoms in total. The summed E-state index contributed by atoms with van der Waals surface area (Å²) in [5, 5.41) is 18.2. The molecule has 2 aliphatic carbocycles. The Labute approximate surface area is 239 Å². The van der Waals surface area contributed by atoms with Crippen LogP contribution in [0.3, 0.4) is 0 Å². The smallest absolute Gasteiger partial charge is 0.451 e. The van der Waals surface area contributed by atoms with Gasteiger partial charge in [-0.05, 0) is 44.6 Å². The number of hydrogen-bond acceptors (Lipinski definition) is 9. The SMILES string of the molecule is N#CCC1(n2cc(-c3ncnc4[nH]ccc34)cn2)CN(C2CCC(Oc3cc(NC4CC4)nc(C(F)(F)F)n3)CC2)C1. The first-order chi connectivity index (χ1) is 20.3. The van der Waals surface area contributed by atoms with Gasteiger partial charge in [-0.2, -0.15) is 28.5 Å². The van der Waals surface area contributed by atoms with E-state index < -0.39 is 17.5 Å². The van der Waals surface area contributed by atoms with Crippen molar-refractivity contribution in [2.75, 3.05) is 18.4 Å². The van der Waals surface area contributed by atoms with Crippen LogP contribution in [0.15, 0.2) is 37.1 Å². The predicted octanol–water partition coefficient (Wildman–Crippen LogP) is 4.52. The molecule has 0 amide bonds. The Morgan fingerprint density at radius 2 is 1.93 bits per heavy atom. The molecule has 0 unspecified atom stereocenters. The van der Waals surface area contributed by atoms with Crippen LogP contribution in [0, 0.1) is 11.3 Å². The van der Waals surface area contributed by atoms with E-state index in [0.29, 0.717) is 38.4 Å². The van der Waals surface area contributed by atoms with Gasteiger partial charge in [-0.1, -0.05) is 0 Å². The average molecular weight is 579 g/mol. The quantitative estimate of drug-likeness (QED) is 0.310. The Morgan fingerprint density at radius 3 is 2.67 bits per heavy atom. The van der Waals surface area contributed by atoms with Crippen LogP contribution in [0.4, 0.5) is 19.0 Å². The van der Waals surface area contributed by atoms with Gasteiger partial charge in [-0.25, -0.2) is 15.0 Å². The van der Waals surface area contributed by atoms with Gasteiger partial charge in [0.25, 0.3) is 0 Å². The van der Waals surface area contributed by atoms with Crippen molar-refractivity contribution < 1.29 is 17.9 Å². The molecule has 0 radical (unpaired) electrons. The molecule has 14 heteroatoms. The number of hydrogen-bond donors (Lipinski definition) is 2. The molecule has 4 aromatic heterocycles. The van der Waals surface area contributed by atoms with E-state index in [-0.39, 0.29) is 23.8 Å². The van der Waals surface area contributed by atoms with E-state index in [0.717, 1.165) is 48.0 Å². The standard InChI is InChI=1S/C28H29F3N10O/c29-28(30,31)26-38-22(37-18-1-2-18)11-23(39-26)42-20-5-3-19(4-6-20)40-14-27(15-40,8-9-32)41-13-17(12-36-41)24-21-7-10-33-25(21)35-16-34-24/h7,10-13,16,18-20H,1-6,8,14-15H2,(H,33,34,35)(H,37,38,39). The summed E-state index contributed by atoms with van der Waals surface area (Å²) in [6.45, 7) is 1.39. The highest BCUT2D eigenvalue weighted by atomic mass is 19.4. The summed E-state index contributed by atoms with van der Waals surface area (Å²) in [6, 6.07) is 6.20. The zero-order valence-corrected chi connectivity index (χ0v) is 22.7. The Kier molecular flexibility index (Phi) is 6.49. The minimum Gasteiger partial charge on any atom is -0.474 e. The van der Waals surface area contributed by atoms with Crippen molar-refractivity contribution in [2.24, 2.45) is 0 Å². The fourth-order valence-corrected chi connectivity index (χ4v) is 6.08. The minimum atomic E-state index is -4.65. The molecular formula is C28H29F3N10O. The van der Waals surface area contributed by atoms with Crippen LogP contribution in [0.5, 0.6) is 5.88 Å². The summed E-state index contributed by atoms with van der Waals surface area (Å²) in [5.41, 5.74) is 1.98. The molecule has 3 fully saturated rings. The number of anilines is 1. The fraction of sp³-hybridized carbons (Fsp3) is 0.500. The Bertz CT molecular complexity index is 1620. The van der Waals surface area contributed by atoms with Crippen LogP contribution in [-0.2, 0) is 11.7 Å². The van der Waals surface area contributed by atoms with Gasteiger partial charge in [0, 0.05) is 54.6 Å². The third-order valence-electron chi connectivity index (χ3n) is 8.43. The zero-order chi connectivity index (χ0) is 28.9. The summed E-state index contributed by atoms with van der Waals surface area (Å²) in [4.78, 5) is 21.5. The van der Waals surface area contributed by atoms with E-state index in [4.69, 9.17) is 4.74 Å². The summed E-state index contributed by atoms with van der Waals surface area (Å²) in [7, 11) is 0. The van der Waals surface area contributed by atoms with Crippen LogP contribution < -0.4 is 10.1 Å². The molecule has 4 aromatic rings. The van der Waals surface area contributed by atoms with Gasteiger partial charge >= 0.3 is 6.18 Å². The number of ether oxygens (including phenoxy) is 1. The number of halogens is 3. The molecule has 3 aliphatic rings. The summed E-state index contributed by atoms with van der Waals surface area (Å²) < 4.78 is 48.0. The van der Waals surface area contributed by atoms with E-state index >= 15 is 0 Å². The van der Waals surface area contributed by atoms with Crippen molar-refractivity contribution in [3.63, 3.8) is 0 Å². The Hall–Kier alpha value is -4.25. The molecule has 0 atom stereocenters. The van der Waals surface area contributed by atoms with E-state index in [1.165, 1.54) is 12.4 Å². The fourth-order valence-electron chi connectivity index (χ4n) is 6.08. The van der Waals surface area contributed by atoms with Gasteiger partial charge in [0.2, 0.25) is 11.7 Å². The number of fused-ring (bicyclic) bond motifs is 1. The summed E-state index contributed by atoms with van der Waals surface area (Å²) in [5.74, 6) is -1.09. The molecule has 0 bridgehead atoms. The number of H-pyrrole nitrogens is 1. The van der Waals surface area contributed by atoms with E-state index in [1.807, 2.05) is 23.1 Å². The summed E-state index contributed by atoms with van der Waals surface area (Å²) >= 11 is 0. The highest BCUT2D eigenvalue weighted by molar-refractivity contribution is 5.90. The topological polar surface area (TPSA) is 133 Å². The molecule has 2 N–H and O–H groups in total. The number of alkyl halides is 3. The molecular weight excluding hydrogens is 549 g/mol. The summed E-state index contributed by atoms with van der Waals surface area (Å²) in [6.07, 6.45) is 7.46. The van der Waals surface area contributed by atoms with Gasteiger partial charge in [0.15, 0.2) is 0 Å². The number of aromatic amines is 1. The second-order valence-electron chi connectivity index (χ2n) is 11.5. The molecule has 2 saturated carbocycles. The van der Waals surface area contributed by atoms with Crippen LogP contribution in [0.2, 0.25) is 0 Å². The Morgan fingerprint density at radius 1 is 1.12 bits per heavy atom. The molecule has 7 rings (SSSR count). The number of nitrogens with one attached hydrogen (secondary N) is 2. The Balaban J connectivity index is 0.989. The maximum Gasteiger partial charge on any atom is 0.451 e. The number of aromatic nitrogens is 7. The number of nitriles is 1. The van der Waals surface area contributed by atoms with Crippen molar-refractivity contribution in [2.45, 2.75) is 74.8 Å². The van der Waals surface area contributed by atoms with E-state index in [9.17, 15) is 18.4 Å². The molecule has 0 spiro atoms. The third-order valence-corrected chi connectivity index (χ3v) is 8.43. The molecule has 0 aromatic carbocycles. The maximum absolute atomic E-state index is 13.4. The van der Waals surface area contributed by atoms with Gasteiger partial charge in [0.1, 0.15) is 29.4 Å². The lowest BCUT2D eigenvalue weighted by molar-refractivity contribution is -0.145. The lowest BCUT2D eigenvalue weighted by Crippen LogP contribution is -2.65. The lowest BCUT2D eigenvalue weighted by Gasteiger charge is -2.53. The third kappa shape index (κ3) is 5.13. The maximum atomic E-state index is 13.4. The first kappa shape index (κ1) is 26.6. The van der Waals surface area contributed by atoms with Crippen molar-refractivity contribution in [1.82, 2.24) is 39.6 Å². The molecule has 42 heavy (non-hydrogen) atoms. The van der Waals surface area contributed by atoms with Crippen LogP contribution in [0.1, 0.15) is 50.8 Å². The van der Waals surface area contributed by atoms with Crippen molar-refractivity contribution in [3.05, 3.63) is 42.9 Å². The van der Waals surface area contributed by atoms with E-state index in [1.54, 1.807) is 6.20 Å². The molecule has 1 saturated heterocycles. The monoisotopic (exact) mass is 578 g/mol. The second kappa shape index (κ2) is 10.2. The van der Waals surface area contributed by atoms with Gasteiger partial charge < -0.3 is 15.0 Å².